The van der Waals surface area contributed by atoms with E-state index in [2.05, 4.69) is 39.0 Å². The number of rotatable bonds is 5. The van der Waals surface area contributed by atoms with Crippen molar-refractivity contribution in [3.63, 3.8) is 0 Å². The van der Waals surface area contributed by atoms with Gasteiger partial charge in [0.1, 0.15) is 17.6 Å². The quantitative estimate of drug-likeness (QED) is 0.601. The first kappa shape index (κ1) is 15.5. The van der Waals surface area contributed by atoms with E-state index in [1.54, 1.807) is 12.5 Å². The van der Waals surface area contributed by atoms with Gasteiger partial charge in [-0.25, -0.2) is 9.97 Å². The molecular weight excluding hydrogens is 314 g/mol. The fourth-order valence-corrected chi connectivity index (χ4v) is 2.93. The average Bonchev–Trinajstić information content (AvgIpc) is 3.27. The third kappa shape index (κ3) is 3.04. The Balaban J connectivity index is 1.59. The van der Waals surface area contributed by atoms with Gasteiger partial charge in [-0.3, -0.25) is 10.00 Å². The number of fused-ring (bicyclic) bond motifs is 1. The summed E-state index contributed by atoms with van der Waals surface area (Å²) in [5.41, 5.74) is 3.87. The van der Waals surface area contributed by atoms with E-state index < -0.39 is 0 Å². The molecule has 0 aliphatic carbocycles. The molecule has 6 heteroatoms. The molecule has 6 nitrogen and oxygen atoms in total. The van der Waals surface area contributed by atoms with Crippen molar-refractivity contribution in [1.29, 1.82) is 0 Å². The fraction of sp³-hybridized carbons (Fsp3) is 0.211. The molecule has 0 spiro atoms. The molecular formula is C19H19N5O. The maximum atomic E-state index is 5.97. The number of nitrogens with one attached hydrogen (secondary N) is 1. The Hall–Kier alpha value is -2.99. The van der Waals surface area contributed by atoms with Crippen molar-refractivity contribution < 1.29 is 4.42 Å². The zero-order valence-corrected chi connectivity index (χ0v) is 14.2. The largest absolute Gasteiger partial charge is 0.454 e. The predicted molar refractivity (Wildman–Crippen MR) is 95.7 cm³/mol. The van der Waals surface area contributed by atoms with Gasteiger partial charge in [0, 0.05) is 29.7 Å². The highest BCUT2D eigenvalue weighted by Gasteiger charge is 2.18. The summed E-state index contributed by atoms with van der Waals surface area (Å²) in [5, 5.41) is 8.37. The number of hydrogen-bond donors (Lipinski definition) is 1. The Morgan fingerprint density at radius 1 is 1.24 bits per heavy atom. The summed E-state index contributed by atoms with van der Waals surface area (Å²) in [4.78, 5) is 10.5. The van der Waals surface area contributed by atoms with Gasteiger partial charge >= 0.3 is 0 Å². The second kappa shape index (κ2) is 6.49. The first-order valence-electron chi connectivity index (χ1n) is 8.19. The highest BCUT2D eigenvalue weighted by Crippen LogP contribution is 2.30. The minimum Gasteiger partial charge on any atom is -0.454 e. The Labute approximate surface area is 145 Å². The van der Waals surface area contributed by atoms with E-state index >= 15 is 0 Å². The summed E-state index contributed by atoms with van der Waals surface area (Å²) in [6.07, 6.45) is 5.20. The molecule has 3 heterocycles. The average molecular weight is 333 g/mol. The second-order valence-corrected chi connectivity index (χ2v) is 6.14. The molecule has 3 aromatic heterocycles. The first-order chi connectivity index (χ1) is 12.2. The summed E-state index contributed by atoms with van der Waals surface area (Å²) in [6, 6.07) is 12.1. The molecule has 1 aromatic carbocycles. The van der Waals surface area contributed by atoms with Crippen LogP contribution in [0.3, 0.4) is 0 Å². The minimum atomic E-state index is 0.168. The summed E-state index contributed by atoms with van der Waals surface area (Å²) >= 11 is 0. The number of para-hydroxylation sites is 1. The molecule has 0 aliphatic rings. The van der Waals surface area contributed by atoms with Gasteiger partial charge in [0.15, 0.2) is 5.76 Å². The van der Waals surface area contributed by atoms with Gasteiger partial charge in [-0.1, -0.05) is 18.2 Å². The van der Waals surface area contributed by atoms with Crippen molar-refractivity contribution in [2.75, 3.05) is 7.05 Å². The van der Waals surface area contributed by atoms with Crippen LogP contribution in [0.1, 0.15) is 24.2 Å². The summed E-state index contributed by atoms with van der Waals surface area (Å²) < 4.78 is 5.97. The van der Waals surface area contributed by atoms with Crippen molar-refractivity contribution in [2.45, 2.75) is 19.5 Å². The van der Waals surface area contributed by atoms with Crippen molar-refractivity contribution in [3.05, 3.63) is 66.4 Å². The van der Waals surface area contributed by atoms with Crippen LogP contribution >= 0.6 is 0 Å². The highest BCUT2D eigenvalue weighted by atomic mass is 16.3. The first-order valence-corrected chi connectivity index (χ1v) is 8.19. The lowest BCUT2D eigenvalue weighted by Gasteiger charge is -2.23. The minimum absolute atomic E-state index is 0.168. The molecule has 4 aromatic rings. The molecule has 1 atom stereocenters. The van der Waals surface area contributed by atoms with Crippen molar-refractivity contribution >= 4 is 11.0 Å². The monoisotopic (exact) mass is 333 g/mol. The SMILES string of the molecule is CC(c1ccncn1)N(C)Cc1cn[nH]c1-c1cc2ccccc2o1. The predicted octanol–water partition coefficient (Wildman–Crippen LogP) is 3.81. The van der Waals surface area contributed by atoms with E-state index in [4.69, 9.17) is 4.42 Å². The van der Waals surface area contributed by atoms with Gasteiger partial charge in [-0.2, -0.15) is 5.10 Å². The third-order valence-corrected chi connectivity index (χ3v) is 4.50. The lowest BCUT2D eigenvalue weighted by molar-refractivity contribution is 0.248. The zero-order chi connectivity index (χ0) is 17.2. The lowest BCUT2D eigenvalue weighted by Crippen LogP contribution is -2.22. The highest BCUT2D eigenvalue weighted by molar-refractivity contribution is 5.82. The van der Waals surface area contributed by atoms with Gasteiger partial charge in [0.25, 0.3) is 0 Å². The molecule has 0 aliphatic heterocycles. The standard InChI is InChI=1S/C19H19N5O/c1-13(16-7-8-20-12-21-16)24(2)11-15-10-22-23-19(15)18-9-14-5-3-4-6-17(14)25-18/h3-10,12-13H,11H2,1-2H3,(H,22,23). The van der Waals surface area contributed by atoms with Gasteiger partial charge in [0.2, 0.25) is 0 Å². The molecule has 1 N–H and O–H groups in total. The number of benzene rings is 1. The van der Waals surface area contributed by atoms with Gasteiger partial charge in [-0.15, -0.1) is 0 Å². The van der Waals surface area contributed by atoms with E-state index in [1.165, 1.54) is 0 Å². The molecule has 1 unspecified atom stereocenters. The summed E-state index contributed by atoms with van der Waals surface area (Å²) in [6.45, 7) is 2.86. The summed E-state index contributed by atoms with van der Waals surface area (Å²) in [5.74, 6) is 0.803. The van der Waals surface area contributed by atoms with E-state index in [9.17, 15) is 0 Å². The van der Waals surface area contributed by atoms with E-state index in [1.807, 2.05) is 42.6 Å². The van der Waals surface area contributed by atoms with Crippen LogP contribution in [0.25, 0.3) is 22.4 Å². The zero-order valence-electron chi connectivity index (χ0n) is 14.2. The Morgan fingerprint density at radius 2 is 2.12 bits per heavy atom. The van der Waals surface area contributed by atoms with Crippen LogP contribution in [0.5, 0.6) is 0 Å². The Bertz CT molecular complexity index is 943. The number of hydrogen-bond acceptors (Lipinski definition) is 5. The smallest absolute Gasteiger partial charge is 0.153 e. The maximum Gasteiger partial charge on any atom is 0.153 e. The number of nitrogens with zero attached hydrogens (tertiary/aromatic N) is 4. The van der Waals surface area contributed by atoms with Crippen LogP contribution in [0.15, 0.2) is 59.5 Å². The molecule has 126 valence electrons. The van der Waals surface area contributed by atoms with Crippen LogP contribution < -0.4 is 0 Å². The Morgan fingerprint density at radius 3 is 2.92 bits per heavy atom. The summed E-state index contributed by atoms with van der Waals surface area (Å²) in [7, 11) is 2.07. The van der Waals surface area contributed by atoms with E-state index in [-0.39, 0.29) is 6.04 Å². The van der Waals surface area contributed by atoms with Crippen molar-refractivity contribution in [2.24, 2.45) is 0 Å². The van der Waals surface area contributed by atoms with Crippen LogP contribution in [0.4, 0.5) is 0 Å². The van der Waals surface area contributed by atoms with E-state index in [0.29, 0.717) is 0 Å². The molecule has 25 heavy (non-hydrogen) atoms. The number of H-pyrrole nitrogens is 1. The van der Waals surface area contributed by atoms with Crippen molar-refractivity contribution in [3.8, 4) is 11.5 Å². The molecule has 0 bridgehead atoms. The van der Waals surface area contributed by atoms with Crippen LogP contribution in [0, 0.1) is 0 Å². The van der Waals surface area contributed by atoms with Crippen LogP contribution in [-0.2, 0) is 6.54 Å². The van der Waals surface area contributed by atoms with Gasteiger partial charge in [-0.05, 0) is 32.2 Å². The normalized spacial score (nSPS) is 12.8. The van der Waals surface area contributed by atoms with Crippen molar-refractivity contribution in [1.82, 2.24) is 25.1 Å². The number of aromatic amines is 1. The molecule has 0 fully saturated rings. The topological polar surface area (TPSA) is 70.8 Å². The Kier molecular flexibility index (Phi) is 4.03. The van der Waals surface area contributed by atoms with E-state index in [0.717, 1.165) is 40.2 Å². The lowest BCUT2D eigenvalue weighted by atomic mass is 10.1. The van der Waals surface area contributed by atoms with Gasteiger partial charge < -0.3 is 4.42 Å². The molecule has 0 saturated carbocycles. The molecule has 0 amide bonds. The molecule has 4 rings (SSSR count). The number of aromatic nitrogens is 4. The van der Waals surface area contributed by atoms with Gasteiger partial charge in [0.05, 0.1) is 11.9 Å². The second-order valence-electron chi connectivity index (χ2n) is 6.14. The van der Waals surface area contributed by atoms with Crippen LogP contribution in [-0.4, -0.2) is 32.1 Å². The third-order valence-electron chi connectivity index (χ3n) is 4.50. The number of furan rings is 1. The fourth-order valence-electron chi connectivity index (χ4n) is 2.93. The van der Waals surface area contributed by atoms with Crippen LogP contribution in [0.2, 0.25) is 0 Å². The molecule has 0 radical (unpaired) electrons. The maximum absolute atomic E-state index is 5.97. The molecule has 0 saturated heterocycles.